The van der Waals surface area contributed by atoms with Crippen molar-refractivity contribution in [2.24, 2.45) is 0 Å². The van der Waals surface area contributed by atoms with E-state index in [1.165, 1.54) is 102 Å². The van der Waals surface area contributed by atoms with Crippen molar-refractivity contribution >= 4 is 8.07 Å². The average molecular weight is 369 g/mol. The molecular formula is C23H48OSi. The van der Waals surface area contributed by atoms with Crippen LogP contribution in [0.3, 0.4) is 0 Å². The molecule has 1 unspecified atom stereocenters. The first-order chi connectivity index (χ1) is 12.0. The Morgan fingerprint density at radius 3 is 1.80 bits per heavy atom. The van der Waals surface area contributed by atoms with Gasteiger partial charge in [-0.2, -0.15) is 0 Å². The van der Waals surface area contributed by atoms with E-state index >= 15 is 0 Å². The molecule has 25 heavy (non-hydrogen) atoms. The fraction of sp³-hybridized carbons (Fsp3) is 0.913. The monoisotopic (exact) mass is 368 g/mol. The van der Waals surface area contributed by atoms with Gasteiger partial charge in [-0.05, 0) is 19.3 Å². The van der Waals surface area contributed by atoms with E-state index in [1.54, 1.807) is 0 Å². The van der Waals surface area contributed by atoms with Gasteiger partial charge in [-0.15, -0.1) is 6.58 Å². The van der Waals surface area contributed by atoms with Gasteiger partial charge in [0.15, 0.2) is 0 Å². The maximum atomic E-state index is 10.6. The minimum Gasteiger partial charge on any atom is -0.397 e. The highest BCUT2D eigenvalue weighted by Crippen LogP contribution is 2.23. The van der Waals surface area contributed by atoms with Crippen LogP contribution in [-0.4, -0.2) is 18.9 Å². The van der Waals surface area contributed by atoms with Crippen molar-refractivity contribution in [2.45, 2.75) is 135 Å². The Hall–Kier alpha value is -0.0831. The van der Waals surface area contributed by atoms with Crippen LogP contribution in [0.4, 0.5) is 0 Å². The largest absolute Gasteiger partial charge is 0.397 e. The van der Waals surface area contributed by atoms with Gasteiger partial charge in [-0.1, -0.05) is 116 Å². The average Bonchev–Trinajstić information content (AvgIpc) is 2.59. The Kier molecular flexibility index (Phi) is 17.3. The maximum absolute atomic E-state index is 10.6. The molecule has 0 aliphatic carbocycles. The summed E-state index contributed by atoms with van der Waals surface area (Å²) in [6.07, 6.45) is 23.2. The second-order valence-electron chi connectivity index (χ2n) is 8.72. The summed E-state index contributed by atoms with van der Waals surface area (Å²) >= 11 is 0. The highest BCUT2D eigenvalue weighted by Gasteiger charge is 2.28. The molecular weight excluding hydrogens is 320 g/mol. The molecule has 0 rings (SSSR count). The fourth-order valence-electron chi connectivity index (χ4n) is 3.61. The van der Waals surface area contributed by atoms with Crippen molar-refractivity contribution in [2.75, 3.05) is 0 Å². The van der Waals surface area contributed by atoms with Crippen LogP contribution in [0.25, 0.3) is 0 Å². The number of allylic oxidation sites excluding steroid dienone is 1. The molecule has 0 bridgehead atoms. The van der Waals surface area contributed by atoms with E-state index in [2.05, 4.69) is 26.6 Å². The van der Waals surface area contributed by atoms with Gasteiger partial charge in [0.25, 0.3) is 0 Å². The van der Waals surface area contributed by atoms with Crippen molar-refractivity contribution in [3.05, 3.63) is 12.7 Å². The van der Waals surface area contributed by atoms with Gasteiger partial charge in [0.2, 0.25) is 0 Å². The first-order valence-electron chi connectivity index (χ1n) is 11.3. The van der Waals surface area contributed by atoms with E-state index < -0.39 is 8.07 Å². The molecule has 150 valence electrons. The summed E-state index contributed by atoms with van der Waals surface area (Å²) in [4.78, 5) is 0. The number of aliphatic hydroxyl groups excluding tert-OH is 1. The molecule has 0 fully saturated rings. The van der Waals surface area contributed by atoms with Crippen molar-refractivity contribution < 1.29 is 5.11 Å². The van der Waals surface area contributed by atoms with Gasteiger partial charge in [0, 0.05) is 5.73 Å². The third-order valence-electron chi connectivity index (χ3n) is 5.71. The summed E-state index contributed by atoms with van der Waals surface area (Å²) in [6.45, 7) is 10.8. The molecule has 2 heteroatoms. The van der Waals surface area contributed by atoms with Crippen LogP contribution in [0.2, 0.25) is 19.1 Å². The molecule has 0 saturated carbocycles. The van der Waals surface area contributed by atoms with Gasteiger partial charge in [0.1, 0.15) is 0 Å². The Morgan fingerprint density at radius 1 is 0.760 bits per heavy atom. The molecule has 1 atom stereocenters. The zero-order chi connectivity index (χ0) is 18.8. The van der Waals surface area contributed by atoms with Crippen molar-refractivity contribution in [1.29, 1.82) is 0 Å². The summed E-state index contributed by atoms with van der Waals surface area (Å²) in [5.41, 5.74) is 0.0141. The molecule has 0 radical (unpaired) electrons. The molecule has 0 heterocycles. The lowest BCUT2D eigenvalue weighted by atomic mass is 10.1. The quantitative estimate of drug-likeness (QED) is 0.139. The zero-order valence-electron chi connectivity index (χ0n) is 17.8. The van der Waals surface area contributed by atoms with Crippen LogP contribution in [0.5, 0.6) is 0 Å². The van der Waals surface area contributed by atoms with Crippen molar-refractivity contribution in [3.8, 4) is 0 Å². The Bertz CT molecular complexity index is 288. The predicted octanol–water partition coefficient (Wildman–Crippen LogP) is 8.04. The highest BCUT2D eigenvalue weighted by atomic mass is 28.3. The molecule has 1 nitrogen and oxygen atoms in total. The lowest BCUT2D eigenvalue weighted by Gasteiger charge is -2.28. The van der Waals surface area contributed by atoms with Gasteiger partial charge in [-0.25, -0.2) is 0 Å². The Labute approximate surface area is 160 Å². The standard InChI is InChI=1S/C23H48OSi/c1-5-7-9-11-13-15-17-19-21-23(24)25(3,4)22-20-18-16-14-12-10-8-6-2/h6,23-24H,2,5,7-22H2,1,3-4H3. The molecule has 1 N–H and O–H groups in total. The molecule has 0 aromatic heterocycles. The molecule has 0 aliphatic rings. The van der Waals surface area contributed by atoms with E-state index in [0.717, 1.165) is 6.42 Å². The Balaban J connectivity index is 3.55. The summed E-state index contributed by atoms with van der Waals surface area (Å²) in [5, 5.41) is 10.6. The zero-order valence-corrected chi connectivity index (χ0v) is 18.8. The van der Waals surface area contributed by atoms with Crippen molar-refractivity contribution in [1.82, 2.24) is 0 Å². The number of aliphatic hydroxyl groups is 1. The molecule has 0 aliphatic heterocycles. The van der Waals surface area contributed by atoms with Gasteiger partial charge in [0.05, 0.1) is 8.07 Å². The minimum absolute atomic E-state index is 0.0141. The van der Waals surface area contributed by atoms with Crippen LogP contribution in [0, 0.1) is 0 Å². The second kappa shape index (κ2) is 17.3. The third kappa shape index (κ3) is 15.9. The summed E-state index contributed by atoms with van der Waals surface area (Å²) in [7, 11) is -1.43. The van der Waals surface area contributed by atoms with Crippen LogP contribution < -0.4 is 0 Å². The first-order valence-corrected chi connectivity index (χ1v) is 14.6. The van der Waals surface area contributed by atoms with Crippen LogP contribution in [0.1, 0.15) is 110 Å². The number of hydrogen-bond donors (Lipinski definition) is 1. The van der Waals surface area contributed by atoms with E-state index in [1.807, 2.05) is 6.08 Å². The van der Waals surface area contributed by atoms with Crippen LogP contribution >= 0.6 is 0 Å². The van der Waals surface area contributed by atoms with E-state index in [4.69, 9.17) is 0 Å². The number of rotatable bonds is 19. The van der Waals surface area contributed by atoms with E-state index in [-0.39, 0.29) is 5.73 Å². The maximum Gasteiger partial charge on any atom is 0.0812 e. The Morgan fingerprint density at radius 2 is 1.24 bits per heavy atom. The summed E-state index contributed by atoms with van der Waals surface area (Å²) in [6, 6.07) is 1.30. The third-order valence-corrected chi connectivity index (χ3v) is 9.45. The SMILES string of the molecule is C=CCCCCCCCC[Si](C)(C)C(O)CCCCCCCCCC. The summed E-state index contributed by atoms with van der Waals surface area (Å²) < 4.78 is 0. The molecule has 0 spiro atoms. The first kappa shape index (κ1) is 24.9. The second-order valence-corrected chi connectivity index (χ2v) is 13.9. The van der Waals surface area contributed by atoms with E-state index in [9.17, 15) is 5.11 Å². The minimum atomic E-state index is -1.43. The summed E-state index contributed by atoms with van der Waals surface area (Å²) in [5.74, 6) is 0. The molecule has 0 aromatic carbocycles. The van der Waals surface area contributed by atoms with Gasteiger partial charge < -0.3 is 5.11 Å². The predicted molar refractivity (Wildman–Crippen MR) is 118 cm³/mol. The van der Waals surface area contributed by atoms with Gasteiger partial charge in [-0.3, -0.25) is 0 Å². The topological polar surface area (TPSA) is 20.2 Å². The van der Waals surface area contributed by atoms with Crippen molar-refractivity contribution in [3.63, 3.8) is 0 Å². The molecule has 0 amide bonds. The molecule has 0 saturated heterocycles. The lowest BCUT2D eigenvalue weighted by molar-refractivity contribution is 0.226. The number of hydrogen-bond acceptors (Lipinski definition) is 1. The lowest BCUT2D eigenvalue weighted by Crippen LogP contribution is -2.41. The van der Waals surface area contributed by atoms with E-state index in [0.29, 0.717) is 0 Å². The normalized spacial score (nSPS) is 13.1. The highest BCUT2D eigenvalue weighted by molar-refractivity contribution is 6.78. The fourth-order valence-corrected chi connectivity index (χ4v) is 6.09. The van der Waals surface area contributed by atoms with Crippen LogP contribution in [0.15, 0.2) is 12.7 Å². The van der Waals surface area contributed by atoms with Gasteiger partial charge >= 0.3 is 0 Å². The number of unbranched alkanes of at least 4 members (excludes halogenated alkanes) is 13. The van der Waals surface area contributed by atoms with Crippen LogP contribution in [-0.2, 0) is 0 Å². The molecule has 0 aromatic rings. The smallest absolute Gasteiger partial charge is 0.0812 e.